The molecule has 0 saturated carbocycles. The Morgan fingerprint density at radius 2 is 1.97 bits per heavy atom. The minimum absolute atomic E-state index is 0.0885. The maximum atomic E-state index is 15.0. The second kappa shape index (κ2) is 8.67. The van der Waals surface area contributed by atoms with Crippen LogP contribution in [0.4, 0.5) is 31.7 Å². The van der Waals surface area contributed by atoms with Crippen molar-refractivity contribution >= 4 is 34.9 Å². The van der Waals surface area contributed by atoms with E-state index in [9.17, 15) is 13.6 Å². The van der Waals surface area contributed by atoms with Crippen molar-refractivity contribution in [2.45, 2.75) is 20.3 Å². The average molecular weight is 447 g/mol. The molecule has 33 heavy (non-hydrogen) atoms. The third-order valence-electron chi connectivity index (χ3n) is 5.27. The molecule has 0 spiro atoms. The number of carbonyl (C=O) groups excluding carboxylic acids is 1. The van der Waals surface area contributed by atoms with Gasteiger partial charge in [-0.1, -0.05) is 11.6 Å². The van der Waals surface area contributed by atoms with Crippen LogP contribution in [0.25, 0.3) is 10.9 Å². The molecule has 4 rings (SSSR count). The van der Waals surface area contributed by atoms with Crippen molar-refractivity contribution in [1.29, 1.82) is 0 Å². The topological polar surface area (TPSA) is 71.7 Å². The quantitative estimate of drug-likeness (QED) is 0.502. The predicted octanol–water partition coefficient (Wildman–Crippen LogP) is 5.78. The van der Waals surface area contributed by atoms with E-state index in [1.165, 1.54) is 11.8 Å². The van der Waals surface area contributed by atoms with Crippen LogP contribution in [0.1, 0.15) is 25.0 Å². The highest BCUT2D eigenvalue weighted by atomic mass is 19.1. The number of rotatable bonds is 5. The fourth-order valence-corrected chi connectivity index (χ4v) is 3.46. The fraction of sp³-hybridized carbons (Fsp3) is 0.167. The standard InChI is InChI=1S/C24H19F2N5O2/c1-13-9-17-18(10-13)21(26)20(11-19(17)25)33-24-22(27-3)23(28-12-29-24)30-15-5-7-16(8-6-15)31(4)14(2)32/h5-8,10-12H,9H2,1-2,4H3,(H,28,29,30). The smallest absolute Gasteiger partial charge is 0.288 e. The lowest BCUT2D eigenvalue weighted by atomic mass is 10.1. The van der Waals surface area contributed by atoms with E-state index in [0.717, 1.165) is 18.0 Å². The van der Waals surface area contributed by atoms with Gasteiger partial charge in [-0.25, -0.2) is 23.6 Å². The van der Waals surface area contributed by atoms with Gasteiger partial charge in [-0.3, -0.25) is 4.79 Å². The molecule has 1 N–H and O–H groups in total. The Bertz CT molecular complexity index is 1330. The molecular weight excluding hydrogens is 428 g/mol. The second-order valence-electron chi connectivity index (χ2n) is 7.57. The molecule has 1 aliphatic rings. The van der Waals surface area contributed by atoms with E-state index in [4.69, 9.17) is 11.3 Å². The number of hydrogen-bond acceptors (Lipinski definition) is 5. The molecule has 0 unspecified atom stereocenters. The molecule has 0 bridgehead atoms. The van der Waals surface area contributed by atoms with Crippen LogP contribution >= 0.6 is 0 Å². The van der Waals surface area contributed by atoms with Gasteiger partial charge < -0.3 is 15.0 Å². The number of hydrogen-bond donors (Lipinski definition) is 1. The summed E-state index contributed by atoms with van der Waals surface area (Å²) in [6.45, 7) is 10.8. The summed E-state index contributed by atoms with van der Waals surface area (Å²) in [7, 11) is 1.66. The molecule has 7 nitrogen and oxygen atoms in total. The SMILES string of the molecule is [C-]#[N+]c1c(Nc2ccc(N(C)C(C)=O)cc2)ncnc1Oc1cc(F)c2c(c1F)C=C(C)C2. The Morgan fingerprint density at radius 3 is 2.64 bits per heavy atom. The Morgan fingerprint density at radius 1 is 1.24 bits per heavy atom. The summed E-state index contributed by atoms with van der Waals surface area (Å²) in [6, 6.07) is 7.87. The van der Waals surface area contributed by atoms with Crippen molar-refractivity contribution in [1.82, 2.24) is 9.97 Å². The zero-order valence-corrected chi connectivity index (χ0v) is 18.1. The van der Waals surface area contributed by atoms with Gasteiger partial charge in [0.25, 0.3) is 5.69 Å². The molecule has 0 aliphatic heterocycles. The maximum Gasteiger partial charge on any atom is 0.288 e. The number of ether oxygens (including phenoxy) is 1. The van der Waals surface area contributed by atoms with Crippen LogP contribution in [0, 0.1) is 18.2 Å². The minimum Gasteiger partial charge on any atom is -0.446 e. The number of nitrogens with zero attached hydrogens (tertiary/aromatic N) is 4. The van der Waals surface area contributed by atoms with Gasteiger partial charge in [0, 0.05) is 42.5 Å². The molecule has 1 amide bonds. The highest BCUT2D eigenvalue weighted by Crippen LogP contribution is 2.40. The zero-order valence-electron chi connectivity index (χ0n) is 18.1. The third-order valence-corrected chi connectivity index (χ3v) is 5.27. The Balaban J connectivity index is 1.63. The highest BCUT2D eigenvalue weighted by Gasteiger charge is 2.24. The summed E-state index contributed by atoms with van der Waals surface area (Å²) in [5.74, 6) is -1.82. The van der Waals surface area contributed by atoms with Crippen molar-refractivity contribution in [3.63, 3.8) is 0 Å². The number of allylic oxidation sites excluding steroid dienone is 1. The molecule has 166 valence electrons. The molecule has 1 heterocycles. The van der Waals surface area contributed by atoms with Crippen LogP contribution in [0.2, 0.25) is 0 Å². The molecule has 3 aromatic rings. The highest BCUT2D eigenvalue weighted by molar-refractivity contribution is 5.91. The first-order valence-corrected chi connectivity index (χ1v) is 9.98. The van der Waals surface area contributed by atoms with Gasteiger partial charge in [0.2, 0.25) is 11.8 Å². The van der Waals surface area contributed by atoms with Crippen molar-refractivity contribution in [3.8, 4) is 11.6 Å². The van der Waals surface area contributed by atoms with Crippen LogP contribution in [0.3, 0.4) is 0 Å². The van der Waals surface area contributed by atoms with Gasteiger partial charge in [0.15, 0.2) is 11.6 Å². The summed E-state index contributed by atoms with van der Waals surface area (Å²) < 4.78 is 35.0. The second-order valence-corrected chi connectivity index (χ2v) is 7.57. The lowest BCUT2D eigenvalue weighted by Gasteiger charge is -2.16. The van der Waals surface area contributed by atoms with Gasteiger partial charge >= 0.3 is 0 Å². The molecule has 0 saturated heterocycles. The van der Waals surface area contributed by atoms with Crippen molar-refractivity contribution in [3.05, 3.63) is 76.4 Å². The molecule has 9 heteroatoms. The van der Waals surface area contributed by atoms with E-state index < -0.39 is 11.6 Å². The molecule has 0 fully saturated rings. The Kier molecular flexibility index (Phi) is 5.75. The van der Waals surface area contributed by atoms with E-state index in [1.807, 2.05) is 0 Å². The first-order valence-electron chi connectivity index (χ1n) is 9.98. The fourth-order valence-electron chi connectivity index (χ4n) is 3.46. The van der Waals surface area contributed by atoms with Crippen LogP contribution < -0.4 is 15.0 Å². The molecule has 0 radical (unpaired) electrons. The number of nitrogens with one attached hydrogen (secondary N) is 1. The average Bonchev–Trinajstić information content (AvgIpc) is 3.20. The summed E-state index contributed by atoms with van der Waals surface area (Å²) in [5.41, 5.74) is 2.48. The molecule has 0 atom stereocenters. The maximum absolute atomic E-state index is 15.0. The van der Waals surface area contributed by atoms with Crippen molar-refractivity contribution in [2.75, 3.05) is 17.3 Å². The van der Waals surface area contributed by atoms with Crippen LogP contribution in [-0.4, -0.2) is 22.9 Å². The molecular formula is C24H19F2N5O2. The van der Waals surface area contributed by atoms with Gasteiger partial charge in [0.1, 0.15) is 18.0 Å². The monoisotopic (exact) mass is 447 g/mol. The number of benzene rings is 2. The lowest BCUT2D eigenvalue weighted by molar-refractivity contribution is -0.116. The van der Waals surface area contributed by atoms with Gasteiger partial charge in [-0.2, -0.15) is 0 Å². The summed E-state index contributed by atoms with van der Waals surface area (Å²) in [4.78, 5) is 24.5. The minimum atomic E-state index is -0.711. The first kappa shape index (κ1) is 21.9. The number of anilines is 3. The lowest BCUT2D eigenvalue weighted by Crippen LogP contribution is -2.22. The normalized spacial score (nSPS) is 11.9. The van der Waals surface area contributed by atoms with Crippen LogP contribution in [0.15, 0.2) is 42.2 Å². The number of aromatic nitrogens is 2. The van der Waals surface area contributed by atoms with Gasteiger partial charge in [-0.05, 0) is 37.6 Å². The zero-order chi connectivity index (χ0) is 23.7. The van der Waals surface area contributed by atoms with Crippen LogP contribution in [0.5, 0.6) is 11.6 Å². The number of halogens is 2. The summed E-state index contributed by atoms with van der Waals surface area (Å²) in [6.07, 6.45) is 3.08. The van der Waals surface area contributed by atoms with E-state index >= 15 is 0 Å². The number of carbonyl (C=O) groups is 1. The Hall–Kier alpha value is -4.32. The van der Waals surface area contributed by atoms with E-state index in [-0.39, 0.29) is 40.2 Å². The number of amides is 1. The summed E-state index contributed by atoms with van der Waals surface area (Å²) in [5, 5.41) is 2.99. The van der Waals surface area contributed by atoms with E-state index in [1.54, 1.807) is 44.3 Å². The first-order chi connectivity index (χ1) is 15.8. The molecule has 2 aromatic carbocycles. The molecule has 1 aliphatic carbocycles. The third kappa shape index (κ3) is 4.23. The Labute approximate surface area is 189 Å². The van der Waals surface area contributed by atoms with Gasteiger partial charge in [0.05, 0.1) is 6.57 Å². The predicted molar refractivity (Wildman–Crippen MR) is 121 cm³/mol. The van der Waals surface area contributed by atoms with Crippen molar-refractivity contribution in [2.24, 2.45) is 0 Å². The largest absolute Gasteiger partial charge is 0.446 e. The van der Waals surface area contributed by atoms with E-state index in [2.05, 4.69) is 20.1 Å². The van der Waals surface area contributed by atoms with Crippen molar-refractivity contribution < 1.29 is 18.3 Å². The summed E-state index contributed by atoms with van der Waals surface area (Å²) >= 11 is 0. The van der Waals surface area contributed by atoms with Gasteiger partial charge in [-0.15, -0.1) is 0 Å². The van der Waals surface area contributed by atoms with E-state index in [0.29, 0.717) is 17.8 Å². The molecule has 1 aromatic heterocycles. The van der Waals surface area contributed by atoms with Crippen LogP contribution in [-0.2, 0) is 11.2 Å². The number of fused-ring (bicyclic) bond motifs is 1.